The molecule has 1 heteroatoms. The molecule has 1 aromatic heterocycles. The van der Waals surface area contributed by atoms with Crippen molar-refractivity contribution >= 4 is 10.9 Å². The second-order valence-electron chi connectivity index (χ2n) is 3.99. The number of rotatable bonds is 3. The summed E-state index contributed by atoms with van der Waals surface area (Å²) in [5.74, 6) is 0. The minimum atomic E-state index is 1.13. The van der Waals surface area contributed by atoms with Crippen LogP contribution in [0.4, 0.5) is 0 Å². The van der Waals surface area contributed by atoms with Crippen molar-refractivity contribution in [3.05, 3.63) is 47.7 Å². The van der Waals surface area contributed by atoms with Crippen molar-refractivity contribution in [1.29, 1.82) is 0 Å². The van der Waals surface area contributed by atoms with Crippen LogP contribution in [0.5, 0.6) is 0 Å². The highest BCUT2D eigenvalue weighted by Gasteiger charge is 2.02. The number of aryl methyl sites for hydroxylation is 1. The van der Waals surface area contributed by atoms with E-state index in [0.29, 0.717) is 0 Å². The van der Waals surface area contributed by atoms with Crippen LogP contribution in [0.1, 0.15) is 39.7 Å². The Kier molecular flexibility index (Phi) is 5.55. The van der Waals surface area contributed by atoms with Crippen LogP contribution in [0.2, 0.25) is 0 Å². The molecule has 0 aliphatic rings. The highest BCUT2D eigenvalue weighted by Crippen LogP contribution is 2.20. The summed E-state index contributed by atoms with van der Waals surface area (Å²) < 4.78 is 0. The summed E-state index contributed by atoms with van der Waals surface area (Å²) >= 11 is 0. The van der Waals surface area contributed by atoms with Crippen LogP contribution < -0.4 is 0 Å². The Balaban J connectivity index is 0.000000686. The maximum Gasteiger partial charge on any atom is 0.0456 e. The minimum Gasteiger partial charge on any atom is -0.361 e. The van der Waals surface area contributed by atoms with Gasteiger partial charge < -0.3 is 4.98 Å². The van der Waals surface area contributed by atoms with Crippen molar-refractivity contribution in [3.8, 4) is 0 Å². The summed E-state index contributed by atoms with van der Waals surface area (Å²) in [5, 5.41) is 1.36. The first-order chi connectivity index (χ1) is 8.31. The number of nitrogens with one attached hydrogen (secondary N) is 1. The van der Waals surface area contributed by atoms with Crippen LogP contribution in [-0.4, -0.2) is 4.98 Å². The Morgan fingerprint density at radius 3 is 2.65 bits per heavy atom. The molecule has 0 aliphatic carbocycles. The van der Waals surface area contributed by atoms with E-state index in [-0.39, 0.29) is 0 Å². The van der Waals surface area contributed by atoms with E-state index < -0.39 is 0 Å². The second kappa shape index (κ2) is 6.95. The molecule has 0 radical (unpaired) electrons. The molecular weight excluding hydrogens is 206 g/mol. The van der Waals surface area contributed by atoms with Gasteiger partial charge in [0.2, 0.25) is 0 Å². The fraction of sp³-hybridized carbons (Fsp3) is 0.375. The fourth-order valence-corrected chi connectivity index (χ4v) is 1.81. The quantitative estimate of drug-likeness (QED) is 0.705. The van der Waals surface area contributed by atoms with Crippen LogP contribution in [0.3, 0.4) is 0 Å². The molecule has 92 valence electrons. The van der Waals surface area contributed by atoms with Crippen molar-refractivity contribution in [3.63, 3.8) is 0 Å². The zero-order valence-corrected chi connectivity index (χ0v) is 11.4. The molecule has 0 atom stereocenters. The lowest BCUT2D eigenvalue weighted by Crippen LogP contribution is -1.84. The number of para-hydroxylation sites is 1. The number of aromatic amines is 1. The van der Waals surface area contributed by atoms with E-state index in [0.717, 1.165) is 12.8 Å². The lowest BCUT2D eigenvalue weighted by atomic mass is 10.0. The summed E-state index contributed by atoms with van der Waals surface area (Å²) in [7, 11) is 0. The van der Waals surface area contributed by atoms with E-state index in [1.54, 1.807) is 0 Å². The minimum absolute atomic E-state index is 1.13. The van der Waals surface area contributed by atoms with Gasteiger partial charge in [-0.15, -0.1) is 0 Å². The van der Waals surface area contributed by atoms with Crippen LogP contribution in [-0.2, 0) is 6.42 Å². The molecule has 1 N–H and O–H groups in total. The van der Waals surface area contributed by atoms with Gasteiger partial charge in [0.1, 0.15) is 0 Å². The number of aromatic nitrogens is 1. The van der Waals surface area contributed by atoms with Gasteiger partial charge in [-0.3, -0.25) is 0 Å². The van der Waals surface area contributed by atoms with Crippen molar-refractivity contribution < 1.29 is 0 Å². The Bertz CT molecular complexity index is 477. The van der Waals surface area contributed by atoms with Gasteiger partial charge >= 0.3 is 0 Å². The third kappa shape index (κ3) is 3.48. The SMILES string of the molecule is C/C=C(\C)CCc1c[nH]c2ccccc12.CC. The smallest absolute Gasteiger partial charge is 0.0456 e. The van der Waals surface area contributed by atoms with Crippen molar-refractivity contribution in [2.24, 2.45) is 0 Å². The normalized spacial score (nSPS) is 11.2. The third-order valence-electron chi connectivity index (χ3n) is 2.96. The number of hydrogen-bond donors (Lipinski definition) is 1. The number of allylic oxidation sites excluding steroid dienone is 2. The van der Waals surface area contributed by atoms with Gasteiger partial charge in [0, 0.05) is 17.1 Å². The maximum absolute atomic E-state index is 3.31. The topological polar surface area (TPSA) is 15.8 Å². The summed E-state index contributed by atoms with van der Waals surface area (Å²) in [6.07, 6.45) is 6.60. The Morgan fingerprint density at radius 2 is 1.94 bits per heavy atom. The maximum atomic E-state index is 3.31. The average Bonchev–Trinajstić information content (AvgIpc) is 2.81. The third-order valence-corrected chi connectivity index (χ3v) is 2.96. The predicted octanol–water partition coefficient (Wildman–Crippen LogP) is 5.09. The first-order valence-corrected chi connectivity index (χ1v) is 6.48. The zero-order valence-electron chi connectivity index (χ0n) is 11.4. The molecule has 0 bridgehead atoms. The van der Waals surface area contributed by atoms with Gasteiger partial charge in [0.15, 0.2) is 0 Å². The van der Waals surface area contributed by atoms with Gasteiger partial charge in [-0.2, -0.15) is 0 Å². The Morgan fingerprint density at radius 1 is 1.24 bits per heavy atom. The lowest BCUT2D eigenvalue weighted by molar-refractivity contribution is 0.945. The first kappa shape index (κ1) is 13.6. The summed E-state index contributed by atoms with van der Waals surface area (Å²) in [4.78, 5) is 3.31. The first-order valence-electron chi connectivity index (χ1n) is 6.48. The second-order valence-corrected chi connectivity index (χ2v) is 3.99. The number of H-pyrrole nitrogens is 1. The van der Waals surface area contributed by atoms with E-state index in [2.05, 4.69) is 55.4 Å². The molecule has 0 saturated heterocycles. The number of hydrogen-bond acceptors (Lipinski definition) is 0. The van der Waals surface area contributed by atoms with E-state index in [4.69, 9.17) is 0 Å². The monoisotopic (exact) mass is 229 g/mol. The van der Waals surface area contributed by atoms with E-state index >= 15 is 0 Å². The average molecular weight is 229 g/mol. The standard InChI is InChI=1S/C14H17N.C2H6/c1-3-11(2)8-9-12-10-15-14-7-5-4-6-13(12)14;1-2/h3-7,10,15H,8-9H2,1-2H3;1-2H3/b11-3+;. The summed E-state index contributed by atoms with van der Waals surface area (Å²) in [5.41, 5.74) is 4.12. The predicted molar refractivity (Wildman–Crippen MR) is 77.4 cm³/mol. The van der Waals surface area contributed by atoms with Crippen LogP contribution >= 0.6 is 0 Å². The Hall–Kier alpha value is -1.50. The zero-order chi connectivity index (χ0) is 12.7. The molecule has 1 heterocycles. The van der Waals surface area contributed by atoms with Crippen LogP contribution in [0.15, 0.2) is 42.1 Å². The van der Waals surface area contributed by atoms with Crippen LogP contribution in [0, 0.1) is 0 Å². The molecule has 0 amide bonds. The molecule has 0 unspecified atom stereocenters. The lowest BCUT2D eigenvalue weighted by Gasteiger charge is -1.99. The molecule has 0 aliphatic heterocycles. The van der Waals surface area contributed by atoms with Crippen molar-refractivity contribution in [2.75, 3.05) is 0 Å². The molecule has 0 fully saturated rings. The van der Waals surface area contributed by atoms with Crippen LogP contribution in [0.25, 0.3) is 10.9 Å². The fourth-order valence-electron chi connectivity index (χ4n) is 1.81. The van der Waals surface area contributed by atoms with Crippen molar-refractivity contribution in [2.45, 2.75) is 40.5 Å². The molecule has 1 aromatic carbocycles. The molecule has 2 aromatic rings. The summed E-state index contributed by atoms with van der Waals surface area (Å²) in [6.45, 7) is 8.29. The van der Waals surface area contributed by atoms with Gasteiger partial charge in [-0.1, -0.05) is 43.7 Å². The summed E-state index contributed by atoms with van der Waals surface area (Å²) in [6, 6.07) is 8.48. The van der Waals surface area contributed by atoms with E-state index in [1.165, 1.54) is 22.0 Å². The largest absolute Gasteiger partial charge is 0.361 e. The molecule has 17 heavy (non-hydrogen) atoms. The van der Waals surface area contributed by atoms with Gasteiger partial charge in [-0.25, -0.2) is 0 Å². The van der Waals surface area contributed by atoms with E-state index in [1.807, 2.05) is 13.8 Å². The highest BCUT2D eigenvalue weighted by atomic mass is 14.7. The molecule has 2 rings (SSSR count). The number of benzene rings is 1. The Labute approximate surface area is 105 Å². The molecule has 0 spiro atoms. The van der Waals surface area contributed by atoms with E-state index in [9.17, 15) is 0 Å². The molecule has 0 saturated carbocycles. The van der Waals surface area contributed by atoms with Gasteiger partial charge in [0.25, 0.3) is 0 Å². The number of fused-ring (bicyclic) bond motifs is 1. The van der Waals surface area contributed by atoms with Crippen molar-refractivity contribution in [1.82, 2.24) is 4.98 Å². The molecular formula is C16H23N. The highest BCUT2D eigenvalue weighted by molar-refractivity contribution is 5.83. The molecule has 1 nitrogen and oxygen atoms in total. The van der Waals surface area contributed by atoms with Gasteiger partial charge in [-0.05, 0) is 38.3 Å². The van der Waals surface area contributed by atoms with Gasteiger partial charge in [0.05, 0.1) is 0 Å².